The van der Waals surface area contributed by atoms with Crippen LogP contribution in [0.3, 0.4) is 0 Å². The number of para-hydroxylation sites is 1. The van der Waals surface area contributed by atoms with Crippen molar-refractivity contribution in [3.05, 3.63) is 29.8 Å². The van der Waals surface area contributed by atoms with E-state index in [1.54, 1.807) is 0 Å². The van der Waals surface area contributed by atoms with Gasteiger partial charge in [-0.3, -0.25) is 4.90 Å². The first-order valence-electron chi connectivity index (χ1n) is 10.2. The number of hydrogen-bond acceptors (Lipinski definition) is 3. The molecule has 26 heavy (non-hydrogen) atoms. The van der Waals surface area contributed by atoms with Crippen LogP contribution in [-0.2, 0) is 6.54 Å². The molecular weight excluding hydrogens is 326 g/mol. The molecule has 144 valence electrons. The number of nitrogens with one attached hydrogen (secondary N) is 2. The zero-order chi connectivity index (χ0) is 18.4. The number of aliphatic hydroxyl groups excluding tert-OH is 1. The third-order valence-electron chi connectivity index (χ3n) is 5.93. The van der Waals surface area contributed by atoms with Gasteiger partial charge in [0.05, 0.1) is 12.1 Å². The Morgan fingerprint density at radius 2 is 1.77 bits per heavy atom. The lowest BCUT2D eigenvalue weighted by Crippen LogP contribution is -2.46. The average Bonchev–Trinajstić information content (AvgIpc) is 2.66. The normalized spacial score (nSPS) is 24.4. The van der Waals surface area contributed by atoms with E-state index in [9.17, 15) is 9.90 Å². The fourth-order valence-electron chi connectivity index (χ4n) is 4.31. The summed E-state index contributed by atoms with van der Waals surface area (Å²) in [5.74, 6) is 0. The molecule has 0 aromatic heterocycles. The van der Waals surface area contributed by atoms with Crippen LogP contribution >= 0.6 is 0 Å². The molecule has 2 amide bonds. The van der Waals surface area contributed by atoms with Gasteiger partial charge in [0.2, 0.25) is 0 Å². The van der Waals surface area contributed by atoms with Gasteiger partial charge in [-0.05, 0) is 44.4 Å². The summed E-state index contributed by atoms with van der Waals surface area (Å²) in [6, 6.07) is 8.31. The summed E-state index contributed by atoms with van der Waals surface area (Å²) in [5, 5.41) is 16.0. The van der Waals surface area contributed by atoms with Gasteiger partial charge in [0.15, 0.2) is 0 Å². The molecule has 0 heterocycles. The minimum atomic E-state index is -0.429. The van der Waals surface area contributed by atoms with E-state index in [-0.39, 0.29) is 12.1 Å². The van der Waals surface area contributed by atoms with Gasteiger partial charge in [0, 0.05) is 18.3 Å². The summed E-state index contributed by atoms with van der Waals surface area (Å²) >= 11 is 0. The molecule has 0 bridgehead atoms. The van der Waals surface area contributed by atoms with E-state index < -0.39 is 6.10 Å². The van der Waals surface area contributed by atoms with Crippen LogP contribution in [0.2, 0.25) is 0 Å². The van der Waals surface area contributed by atoms with Gasteiger partial charge >= 0.3 is 6.03 Å². The van der Waals surface area contributed by atoms with Gasteiger partial charge in [-0.25, -0.2) is 4.79 Å². The lowest BCUT2D eigenvalue weighted by Gasteiger charge is -2.32. The number of carbonyl (C=O) groups excluding carboxylic acids is 1. The smallest absolute Gasteiger partial charge is 0.319 e. The van der Waals surface area contributed by atoms with Crippen molar-refractivity contribution in [2.75, 3.05) is 12.4 Å². The second kappa shape index (κ2) is 9.38. The highest BCUT2D eigenvalue weighted by atomic mass is 16.3. The first kappa shape index (κ1) is 19.2. The fraction of sp³-hybridized carbons (Fsp3) is 0.667. The van der Waals surface area contributed by atoms with E-state index >= 15 is 0 Å². The molecule has 2 saturated carbocycles. The van der Waals surface area contributed by atoms with Crippen LogP contribution in [0.5, 0.6) is 0 Å². The van der Waals surface area contributed by atoms with E-state index in [4.69, 9.17) is 0 Å². The molecule has 3 N–H and O–H groups in total. The van der Waals surface area contributed by atoms with Gasteiger partial charge in [-0.15, -0.1) is 0 Å². The minimum Gasteiger partial charge on any atom is -0.391 e. The van der Waals surface area contributed by atoms with Crippen LogP contribution in [-0.4, -0.2) is 41.3 Å². The number of urea groups is 1. The van der Waals surface area contributed by atoms with Gasteiger partial charge in [-0.2, -0.15) is 0 Å². The number of benzene rings is 1. The zero-order valence-corrected chi connectivity index (χ0v) is 15.9. The van der Waals surface area contributed by atoms with Crippen LogP contribution < -0.4 is 10.6 Å². The molecule has 5 heteroatoms. The van der Waals surface area contributed by atoms with E-state index in [1.807, 2.05) is 18.2 Å². The molecule has 2 fully saturated rings. The average molecular weight is 360 g/mol. The standard InChI is InChI=1S/C21H33N3O2/c1-24(17-10-3-2-4-11-17)15-16-9-5-6-12-18(16)22-21(26)23-19-13-7-8-14-20(19)25/h5-6,9,12,17,19-20,25H,2-4,7-8,10-11,13-15H2,1H3,(H2,22,23,26). The monoisotopic (exact) mass is 359 g/mol. The van der Waals surface area contributed by atoms with E-state index in [0.717, 1.165) is 43.5 Å². The maximum atomic E-state index is 12.4. The Bertz CT molecular complexity index is 586. The lowest BCUT2D eigenvalue weighted by atomic mass is 9.93. The highest BCUT2D eigenvalue weighted by molar-refractivity contribution is 5.90. The van der Waals surface area contributed by atoms with Crippen LogP contribution in [0.25, 0.3) is 0 Å². The van der Waals surface area contributed by atoms with Crippen molar-refractivity contribution in [2.24, 2.45) is 0 Å². The van der Waals surface area contributed by atoms with E-state index in [2.05, 4.69) is 28.6 Å². The molecular formula is C21H33N3O2. The Morgan fingerprint density at radius 3 is 2.54 bits per heavy atom. The van der Waals surface area contributed by atoms with Gasteiger partial charge in [0.25, 0.3) is 0 Å². The first-order valence-corrected chi connectivity index (χ1v) is 10.2. The topological polar surface area (TPSA) is 64.6 Å². The zero-order valence-electron chi connectivity index (χ0n) is 15.9. The van der Waals surface area contributed by atoms with Crippen LogP contribution in [0.4, 0.5) is 10.5 Å². The van der Waals surface area contributed by atoms with E-state index in [0.29, 0.717) is 6.04 Å². The summed E-state index contributed by atoms with van der Waals surface area (Å²) in [6.07, 6.45) is 9.83. The largest absolute Gasteiger partial charge is 0.391 e. The Balaban J connectivity index is 1.58. The van der Waals surface area contributed by atoms with Crippen LogP contribution in [0, 0.1) is 0 Å². The molecule has 5 nitrogen and oxygen atoms in total. The van der Waals surface area contributed by atoms with Crippen LogP contribution in [0.1, 0.15) is 63.4 Å². The molecule has 1 aromatic carbocycles. The molecule has 0 radical (unpaired) electrons. The quantitative estimate of drug-likeness (QED) is 0.748. The van der Waals surface area contributed by atoms with Crippen molar-refractivity contribution in [1.82, 2.24) is 10.2 Å². The van der Waals surface area contributed by atoms with Crippen molar-refractivity contribution < 1.29 is 9.90 Å². The molecule has 2 unspecified atom stereocenters. The van der Waals surface area contributed by atoms with Crippen molar-refractivity contribution in [1.29, 1.82) is 0 Å². The number of nitrogens with zero attached hydrogens (tertiary/aromatic N) is 1. The maximum absolute atomic E-state index is 12.4. The second-order valence-corrected chi connectivity index (χ2v) is 7.92. The lowest BCUT2D eigenvalue weighted by molar-refractivity contribution is 0.0955. The summed E-state index contributed by atoms with van der Waals surface area (Å²) in [4.78, 5) is 14.8. The first-order chi connectivity index (χ1) is 12.6. The Hall–Kier alpha value is -1.59. The summed E-state index contributed by atoms with van der Waals surface area (Å²) in [5.41, 5.74) is 2.00. The number of hydrogen-bond donors (Lipinski definition) is 3. The van der Waals surface area contributed by atoms with E-state index in [1.165, 1.54) is 32.1 Å². The summed E-state index contributed by atoms with van der Waals surface area (Å²) < 4.78 is 0. The predicted octanol–water partition coefficient (Wildman–Crippen LogP) is 3.88. The summed E-state index contributed by atoms with van der Waals surface area (Å²) in [6.45, 7) is 0.840. The SMILES string of the molecule is CN(Cc1ccccc1NC(=O)NC1CCCCC1O)C1CCCCC1. The Labute approximate surface area is 157 Å². The third-order valence-corrected chi connectivity index (χ3v) is 5.93. The Kier molecular flexibility index (Phi) is 6.92. The molecule has 1 aromatic rings. The number of rotatable bonds is 5. The third kappa shape index (κ3) is 5.21. The minimum absolute atomic E-state index is 0.138. The molecule has 2 aliphatic rings. The number of anilines is 1. The van der Waals surface area contributed by atoms with Crippen LogP contribution in [0.15, 0.2) is 24.3 Å². The molecule has 2 atom stereocenters. The van der Waals surface area contributed by atoms with Crippen molar-refractivity contribution in [3.8, 4) is 0 Å². The molecule has 0 spiro atoms. The molecule has 3 rings (SSSR count). The number of amides is 2. The summed E-state index contributed by atoms with van der Waals surface area (Å²) in [7, 11) is 2.19. The Morgan fingerprint density at radius 1 is 1.08 bits per heavy atom. The second-order valence-electron chi connectivity index (χ2n) is 7.92. The van der Waals surface area contributed by atoms with Crippen molar-refractivity contribution in [3.63, 3.8) is 0 Å². The molecule has 0 aliphatic heterocycles. The number of carbonyl (C=O) groups is 1. The van der Waals surface area contributed by atoms with Gasteiger partial charge in [-0.1, -0.05) is 50.3 Å². The highest BCUT2D eigenvalue weighted by Crippen LogP contribution is 2.25. The highest BCUT2D eigenvalue weighted by Gasteiger charge is 2.25. The predicted molar refractivity (Wildman–Crippen MR) is 105 cm³/mol. The van der Waals surface area contributed by atoms with Crippen molar-refractivity contribution in [2.45, 2.75) is 82.5 Å². The maximum Gasteiger partial charge on any atom is 0.319 e. The molecule has 0 saturated heterocycles. The van der Waals surface area contributed by atoms with Gasteiger partial charge in [0.1, 0.15) is 0 Å². The fourth-order valence-corrected chi connectivity index (χ4v) is 4.31. The van der Waals surface area contributed by atoms with Crippen molar-refractivity contribution >= 4 is 11.7 Å². The molecule has 2 aliphatic carbocycles. The van der Waals surface area contributed by atoms with Gasteiger partial charge < -0.3 is 15.7 Å². The number of aliphatic hydroxyl groups is 1.